The van der Waals surface area contributed by atoms with Gasteiger partial charge in [0.2, 0.25) is 5.56 Å². The molecule has 8 nitrogen and oxygen atoms in total. The smallest absolute Gasteiger partial charge is 0.412 e. The summed E-state index contributed by atoms with van der Waals surface area (Å²) in [5.74, 6) is 1.11. The van der Waals surface area contributed by atoms with E-state index < -0.39 is 6.09 Å². The highest BCUT2D eigenvalue weighted by atomic mass is 16.5. The number of aryl methyl sites for hydroxylation is 1. The zero-order valence-corrected chi connectivity index (χ0v) is 15.0. The first kappa shape index (κ1) is 17.9. The largest absolute Gasteiger partial charge is 0.453 e. The lowest BCUT2D eigenvalue weighted by Crippen LogP contribution is -2.44. The summed E-state index contributed by atoms with van der Waals surface area (Å²) >= 11 is 0. The molecule has 3 rings (SSSR count). The summed E-state index contributed by atoms with van der Waals surface area (Å²) in [6, 6.07) is 5.38. The predicted octanol–water partition coefficient (Wildman–Crippen LogP) is 2.15. The minimum absolute atomic E-state index is 0.171. The molecule has 1 fully saturated rings. The molecule has 26 heavy (non-hydrogen) atoms. The van der Waals surface area contributed by atoms with Gasteiger partial charge in [0.25, 0.3) is 0 Å². The maximum Gasteiger partial charge on any atom is 0.412 e. The number of hydrogen-bond acceptors (Lipinski definition) is 6. The van der Waals surface area contributed by atoms with Crippen LogP contribution in [0, 0.1) is 6.92 Å². The molecule has 0 radical (unpaired) electrons. The Bertz CT molecular complexity index is 865. The maximum atomic E-state index is 12.2. The van der Waals surface area contributed by atoms with E-state index in [0.717, 1.165) is 22.5 Å². The topological polar surface area (TPSA) is 96.5 Å². The Labute approximate surface area is 151 Å². The number of rotatable bonds is 3. The lowest BCUT2D eigenvalue weighted by molar-refractivity contribution is 0.0985. The van der Waals surface area contributed by atoms with E-state index in [1.54, 1.807) is 18.3 Å². The van der Waals surface area contributed by atoms with Gasteiger partial charge in [-0.25, -0.2) is 9.78 Å². The lowest BCUT2D eigenvalue weighted by Gasteiger charge is -2.34. The summed E-state index contributed by atoms with van der Waals surface area (Å²) in [6.07, 6.45) is 1.06. The molecule has 2 aromatic heterocycles. The standard InChI is InChI=1S/C18H22N4O4/c1-11-9-19-15(20-18(24)25-3)8-14(11)13-6-16(21-17(23)7-13)22-4-5-26-10-12(22)2/h6-9,12H,4-5,10H2,1-3H3,(H,21,23)(H,19,20,24)/t12-/m1/s1. The zero-order valence-electron chi connectivity index (χ0n) is 15.0. The highest BCUT2D eigenvalue weighted by Gasteiger charge is 2.20. The molecular formula is C18H22N4O4. The Morgan fingerprint density at radius 2 is 2.23 bits per heavy atom. The molecule has 0 unspecified atom stereocenters. The molecule has 3 heterocycles. The Hall–Kier alpha value is -2.87. The third-order valence-corrected chi connectivity index (χ3v) is 4.34. The molecule has 2 aromatic rings. The SMILES string of the molecule is COC(=O)Nc1cc(-c2cc(N3CCOC[C@H]3C)[nH]c(=O)c2)c(C)cn1. The van der Waals surface area contributed by atoms with Gasteiger partial charge >= 0.3 is 6.09 Å². The van der Waals surface area contributed by atoms with Gasteiger partial charge in [0, 0.05) is 18.8 Å². The second-order valence-electron chi connectivity index (χ2n) is 6.24. The van der Waals surface area contributed by atoms with E-state index in [0.29, 0.717) is 25.6 Å². The quantitative estimate of drug-likeness (QED) is 0.873. The molecular weight excluding hydrogens is 336 g/mol. The van der Waals surface area contributed by atoms with Crippen LogP contribution in [-0.4, -0.2) is 49.0 Å². The third kappa shape index (κ3) is 3.85. The van der Waals surface area contributed by atoms with Crippen LogP contribution in [0.3, 0.4) is 0 Å². The van der Waals surface area contributed by atoms with Gasteiger partial charge in [-0.05, 0) is 42.7 Å². The number of ether oxygens (including phenoxy) is 2. The molecule has 1 saturated heterocycles. The van der Waals surface area contributed by atoms with Crippen molar-refractivity contribution in [3.8, 4) is 11.1 Å². The Morgan fingerprint density at radius 3 is 2.96 bits per heavy atom. The first-order valence-electron chi connectivity index (χ1n) is 8.38. The number of H-pyrrole nitrogens is 1. The van der Waals surface area contributed by atoms with Crippen molar-refractivity contribution >= 4 is 17.7 Å². The average Bonchev–Trinajstić information content (AvgIpc) is 2.63. The fraction of sp³-hybridized carbons (Fsp3) is 0.389. The lowest BCUT2D eigenvalue weighted by atomic mass is 10.0. The van der Waals surface area contributed by atoms with Crippen molar-refractivity contribution in [3.63, 3.8) is 0 Å². The monoisotopic (exact) mass is 358 g/mol. The second kappa shape index (κ2) is 7.57. The van der Waals surface area contributed by atoms with Crippen molar-refractivity contribution in [3.05, 3.63) is 40.3 Å². The molecule has 0 aromatic carbocycles. The van der Waals surface area contributed by atoms with Gasteiger partial charge in [0.15, 0.2) is 0 Å². The molecule has 0 bridgehead atoms. The minimum Gasteiger partial charge on any atom is -0.453 e. The van der Waals surface area contributed by atoms with E-state index in [-0.39, 0.29) is 11.6 Å². The molecule has 1 atom stereocenters. The molecule has 0 aliphatic carbocycles. The summed E-state index contributed by atoms with van der Waals surface area (Å²) in [7, 11) is 1.29. The molecule has 8 heteroatoms. The van der Waals surface area contributed by atoms with E-state index in [2.05, 4.69) is 31.8 Å². The number of amides is 1. The fourth-order valence-corrected chi connectivity index (χ4v) is 2.98. The zero-order chi connectivity index (χ0) is 18.7. The number of methoxy groups -OCH3 is 1. The van der Waals surface area contributed by atoms with Crippen molar-refractivity contribution in [2.24, 2.45) is 0 Å². The number of aromatic nitrogens is 2. The Kier molecular flexibility index (Phi) is 5.22. The highest BCUT2D eigenvalue weighted by molar-refractivity contribution is 5.84. The number of morpholine rings is 1. The van der Waals surface area contributed by atoms with Crippen LogP contribution in [-0.2, 0) is 9.47 Å². The molecule has 1 aliphatic rings. The van der Waals surface area contributed by atoms with Crippen LogP contribution in [0.15, 0.2) is 29.2 Å². The van der Waals surface area contributed by atoms with Crippen LogP contribution in [0.1, 0.15) is 12.5 Å². The summed E-state index contributed by atoms with van der Waals surface area (Å²) in [6.45, 7) is 5.92. The van der Waals surface area contributed by atoms with Crippen LogP contribution in [0.2, 0.25) is 0 Å². The van der Waals surface area contributed by atoms with Crippen molar-refractivity contribution in [2.75, 3.05) is 37.1 Å². The van der Waals surface area contributed by atoms with E-state index in [4.69, 9.17) is 4.74 Å². The van der Waals surface area contributed by atoms with Crippen molar-refractivity contribution in [1.29, 1.82) is 0 Å². The normalized spacial score (nSPS) is 17.0. The van der Waals surface area contributed by atoms with E-state index in [9.17, 15) is 9.59 Å². The van der Waals surface area contributed by atoms with Gasteiger partial charge in [0.05, 0.1) is 26.4 Å². The molecule has 1 amide bonds. The van der Waals surface area contributed by atoms with Crippen LogP contribution >= 0.6 is 0 Å². The predicted molar refractivity (Wildman–Crippen MR) is 98.7 cm³/mol. The number of carbonyl (C=O) groups excluding carboxylic acids is 1. The van der Waals surface area contributed by atoms with Crippen LogP contribution in [0.4, 0.5) is 16.4 Å². The van der Waals surface area contributed by atoms with Crippen LogP contribution in [0.25, 0.3) is 11.1 Å². The van der Waals surface area contributed by atoms with Gasteiger partial charge in [-0.15, -0.1) is 0 Å². The summed E-state index contributed by atoms with van der Waals surface area (Å²) in [4.78, 5) is 32.9. The van der Waals surface area contributed by atoms with E-state index >= 15 is 0 Å². The van der Waals surface area contributed by atoms with Gasteiger partial charge < -0.3 is 19.4 Å². The van der Waals surface area contributed by atoms with Gasteiger partial charge in [-0.1, -0.05) is 0 Å². The minimum atomic E-state index is -0.596. The first-order chi connectivity index (χ1) is 12.5. The van der Waals surface area contributed by atoms with Crippen molar-refractivity contribution < 1.29 is 14.3 Å². The third-order valence-electron chi connectivity index (χ3n) is 4.34. The Balaban J connectivity index is 2.00. The maximum absolute atomic E-state index is 12.2. The number of carbonyl (C=O) groups is 1. The van der Waals surface area contributed by atoms with E-state index in [1.165, 1.54) is 7.11 Å². The van der Waals surface area contributed by atoms with E-state index in [1.807, 2.05) is 13.0 Å². The summed E-state index contributed by atoms with van der Waals surface area (Å²) < 4.78 is 10.1. The molecule has 2 N–H and O–H groups in total. The molecule has 138 valence electrons. The van der Waals surface area contributed by atoms with Gasteiger partial charge in [0.1, 0.15) is 11.6 Å². The second-order valence-corrected chi connectivity index (χ2v) is 6.24. The number of hydrogen-bond donors (Lipinski definition) is 2. The number of nitrogens with one attached hydrogen (secondary N) is 2. The van der Waals surface area contributed by atoms with Gasteiger partial charge in [-0.3, -0.25) is 10.1 Å². The van der Waals surface area contributed by atoms with Crippen LogP contribution < -0.4 is 15.8 Å². The average molecular weight is 358 g/mol. The molecule has 0 saturated carbocycles. The Morgan fingerprint density at radius 1 is 1.42 bits per heavy atom. The molecule has 1 aliphatic heterocycles. The number of nitrogens with zero attached hydrogens (tertiary/aromatic N) is 2. The fourth-order valence-electron chi connectivity index (χ4n) is 2.98. The number of aromatic amines is 1. The first-order valence-corrected chi connectivity index (χ1v) is 8.38. The highest BCUT2D eigenvalue weighted by Crippen LogP contribution is 2.27. The summed E-state index contributed by atoms with van der Waals surface area (Å²) in [5.41, 5.74) is 2.29. The van der Waals surface area contributed by atoms with Gasteiger partial charge in [-0.2, -0.15) is 0 Å². The van der Waals surface area contributed by atoms with Crippen LogP contribution in [0.5, 0.6) is 0 Å². The van der Waals surface area contributed by atoms with Crippen molar-refractivity contribution in [2.45, 2.75) is 19.9 Å². The number of anilines is 2. The van der Waals surface area contributed by atoms with Crippen molar-refractivity contribution in [1.82, 2.24) is 9.97 Å². The summed E-state index contributed by atoms with van der Waals surface area (Å²) in [5, 5.41) is 2.54. The number of pyridine rings is 2. The molecule has 0 spiro atoms.